The second-order valence-corrected chi connectivity index (χ2v) is 2.43. The summed E-state index contributed by atoms with van der Waals surface area (Å²) in [5, 5.41) is 3.19. The smallest absolute Gasteiger partial charge is 0.124 e. The molecule has 1 atom stereocenters. The third-order valence-corrected chi connectivity index (χ3v) is 1.57. The maximum absolute atomic E-state index is 5.22. The van der Waals surface area contributed by atoms with Crippen molar-refractivity contribution in [1.29, 1.82) is 0 Å². The molecular formula is C10H13NO. The van der Waals surface area contributed by atoms with Crippen LogP contribution in [0.5, 0.6) is 0 Å². The minimum Gasteiger partial charge on any atom is -0.467 e. The van der Waals surface area contributed by atoms with Gasteiger partial charge in [-0.2, -0.15) is 0 Å². The zero-order valence-corrected chi connectivity index (χ0v) is 6.99. The zero-order chi connectivity index (χ0) is 8.81. The van der Waals surface area contributed by atoms with Gasteiger partial charge in [-0.1, -0.05) is 12.2 Å². The molecular weight excluding hydrogens is 150 g/mol. The molecule has 1 unspecified atom stereocenters. The molecule has 0 aliphatic rings. The fraction of sp³-hybridized carbons (Fsp3) is 0.200. The van der Waals surface area contributed by atoms with E-state index in [1.807, 2.05) is 18.2 Å². The summed E-state index contributed by atoms with van der Waals surface area (Å²) in [7, 11) is 0. The highest BCUT2D eigenvalue weighted by molar-refractivity contribution is 5.10. The van der Waals surface area contributed by atoms with E-state index in [1.165, 1.54) is 0 Å². The van der Waals surface area contributed by atoms with Crippen molar-refractivity contribution in [3.63, 3.8) is 0 Å². The highest BCUT2D eigenvalue weighted by Crippen LogP contribution is 2.13. The molecule has 0 fully saturated rings. The topological polar surface area (TPSA) is 25.2 Å². The van der Waals surface area contributed by atoms with Gasteiger partial charge >= 0.3 is 0 Å². The van der Waals surface area contributed by atoms with Crippen LogP contribution in [-0.2, 0) is 0 Å². The van der Waals surface area contributed by atoms with Crippen LogP contribution in [0.1, 0.15) is 11.8 Å². The minimum absolute atomic E-state index is 0.0815. The predicted molar refractivity (Wildman–Crippen MR) is 49.8 cm³/mol. The SMILES string of the molecule is C=CCNC(C=C)c1ccco1. The normalized spacial score (nSPS) is 12.3. The van der Waals surface area contributed by atoms with Gasteiger partial charge < -0.3 is 9.73 Å². The predicted octanol–water partition coefficient (Wildman–Crippen LogP) is 2.28. The largest absolute Gasteiger partial charge is 0.467 e. The van der Waals surface area contributed by atoms with Crippen molar-refractivity contribution >= 4 is 0 Å². The van der Waals surface area contributed by atoms with Crippen LogP contribution in [0.15, 0.2) is 48.1 Å². The standard InChI is InChI=1S/C10H13NO/c1-3-7-11-9(4-2)10-6-5-8-12-10/h3-6,8-9,11H,1-2,7H2. The summed E-state index contributed by atoms with van der Waals surface area (Å²) in [6.45, 7) is 8.08. The van der Waals surface area contributed by atoms with Crippen LogP contribution in [0.3, 0.4) is 0 Å². The molecule has 0 radical (unpaired) electrons. The van der Waals surface area contributed by atoms with Gasteiger partial charge in [-0.15, -0.1) is 13.2 Å². The molecule has 2 heteroatoms. The molecule has 1 rings (SSSR count). The van der Waals surface area contributed by atoms with E-state index in [1.54, 1.807) is 12.3 Å². The molecule has 0 aliphatic carbocycles. The van der Waals surface area contributed by atoms with Gasteiger partial charge in [0.1, 0.15) is 5.76 Å². The van der Waals surface area contributed by atoms with Crippen molar-refractivity contribution in [2.24, 2.45) is 0 Å². The summed E-state index contributed by atoms with van der Waals surface area (Å²) in [5.41, 5.74) is 0. The first kappa shape index (κ1) is 8.81. The van der Waals surface area contributed by atoms with E-state index >= 15 is 0 Å². The third kappa shape index (κ3) is 2.10. The average Bonchev–Trinajstić information content (AvgIpc) is 2.59. The van der Waals surface area contributed by atoms with Gasteiger partial charge in [0.2, 0.25) is 0 Å². The summed E-state index contributed by atoms with van der Waals surface area (Å²) in [6.07, 6.45) is 5.27. The molecule has 0 amide bonds. The van der Waals surface area contributed by atoms with Crippen LogP contribution in [0.4, 0.5) is 0 Å². The van der Waals surface area contributed by atoms with E-state index in [0.717, 1.165) is 12.3 Å². The Bertz CT molecular complexity index is 238. The molecule has 0 saturated carbocycles. The van der Waals surface area contributed by atoms with Crippen molar-refractivity contribution in [1.82, 2.24) is 5.32 Å². The van der Waals surface area contributed by atoms with E-state index < -0.39 is 0 Å². The highest BCUT2D eigenvalue weighted by atomic mass is 16.3. The molecule has 0 saturated heterocycles. The average molecular weight is 163 g/mol. The van der Waals surface area contributed by atoms with Gasteiger partial charge in [0.15, 0.2) is 0 Å². The second-order valence-electron chi connectivity index (χ2n) is 2.43. The van der Waals surface area contributed by atoms with E-state index in [4.69, 9.17) is 4.42 Å². The second kappa shape index (κ2) is 4.57. The molecule has 1 N–H and O–H groups in total. The lowest BCUT2D eigenvalue weighted by Gasteiger charge is -2.09. The van der Waals surface area contributed by atoms with Crippen LogP contribution in [0.2, 0.25) is 0 Å². The van der Waals surface area contributed by atoms with Crippen molar-refractivity contribution in [3.8, 4) is 0 Å². The molecule has 0 aromatic carbocycles. The van der Waals surface area contributed by atoms with Crippen LogP contribution in [0.25, 0.3) is 0 Å². The van der Waals surface area contributed by atoms with Crippen LogP contribution in [0, 0.1) is 0 Å². The van der Waals surface area contributed by atoms with Gasteiger partial charge in [-0.25, -0.2) is 0 Å². The molecule has 2 nitrogen and oxygen atoms in total. The molecule has 1 aromatic rings. The van der Waals surface area contributed by atoms with Gasteiger partial charge in [0.25, 0.3) is 0 Å². The zero-order valence-electron chi connectivity index (χ0n) is 6.99. The molecule has 0 aliphatic heterocycles. The Morgan fingerprint density at radius 3 is 2.92 bits per heavy atom. The lowest BCUT2D eigenvalue weighted by molar-refractivity contribution is 0.463. The van der Waals surface area contributed by atoms with Gasteiger partial charge in [0, 0.05) is 6.54 Å². The lowest BCUT2D eigenvalue weighted by atomic mass is 10.2. The Kier molecular flexibility index (Phi) is 3.35. The van der Waals surface area contributed by atoms with Gasteiger partial charge in [0.05, 0.1) is 12.3 Å². The molecule has 0 spiro atoms. The van der Waals surface area contributed by atoms with Crippen molar-refractivity contribution in [2.75, 3.05) is 6.54 Å². The monoisotopic (exact) mass is 163 g/mol. The summed E-state index contributed by atoms with van der Waals surface area (Å²) in [4.78, 5) is 0. The number of furan rings is 1. The highest BCUT2D eigenvalue weighted by Gasteiger charge is 2.06. The Morgan fingerprint density at radius 2 is 2.42 bits per heavy atom. The van der Waals surface area contributed by atoms with Gasteiger partial charge in [-0.3, -0.25) is 0 Å². The van der Waals surface area contributed by atoms with E-state index in [9.17, 15) is 0 Å². The molecule has 12 heavy (non-hydrogen) atoms. The molecule has 0 bridgehead atoms. The maximum atomic E-state index is 5.22. The van der Waals surface area contributed by atoms with Gasteiger partial charge in [-0.05, 0) is 12.1 Å². The van der Waals surface area contributed by atoms with Crippen LogP contribution < -0.4 is 5.32 Å². The number of rotatable bonds is 5. The van der Waals surface area contributed by atoms with Crippen molar-refractivity contribution in [2.45, 2.75) is 6.04 Å². The van der Waals surface area contributed by atoms with Crippen LogP contribution in [-0.4, -0.2) is 6.54 Å². The Morgan fingerprint density at radius 1 is 1.58 bits per heavy atom. The summed E-state index contributed by atoms with van der Waals surface area (Å²) in [6, 6.07) is 3.86. The fourth-order valence-electron chi connectivity index (χ4n) is 0.979. The third-order valence-electron chi connectivity index (χ3n) is 1.57. The van der Waals surface area contributed by atoms with Crippen molar-refractivity contribution < 1.29 is 4.42 Å². The first-order valence-corrected chi connectivity index (χ1v) is 3.88. The first-order chi connectivity index (χ1) is 5.88. The van der Waals surface area contributed by atoms with Crippen LogP contribution >= 0.6 is 0 Å². The number of hydrogen-bond donors (Lipinski definition) is 1. The number of hydrogen-bond acceptors (Lipinski definition) is 2. The van der Waals surface area contributed by atoms with E-state index in [0.29, 0.717) is 0 Å². The number of nitrogens with one attached hydrogen (secondary N) is 1. The van der Waals surface area contributed by atoms with E-state index in [2.05, 4.69) is 18.5 Å². The lowest BCUT2D eigenvalue weighted by Crippen LogP contribution is -2.18. The van der Waals surface area contributed by atoms with E-state index in [-0.39, 0.29) is 6.04 Å². The summed E-state index contributed by atoms with van der Waals surface area (Å²) in [5.74, 6) is 0.881. The fourth-order valence-corrected chi connectivity index (χ4v) is 0.979. The molecule has 1 heterocycles. The molecule has 1 aromatic heterocycles. The Hall–Kier alpha value is -1.28. The first-order valence-electron chi connectivity index (χ1n) is 3.88. The Labute approximate surface area is 72.6 Å². The molecule has 64 valence electrons. The summed E-state index contributed by atoms with van der Waals surface area (Å²) >= 11 is 0. The maximum Gasteiger partial charge on any atom is 0.124 e. The summed E-state index contributed by atoms with van der Waals surface area (Å²) < 4.78 is 5.22. The quantitative estimate of drug-likeness (QED) is 0.674. The minimum atomic E-state index is 0.0815. The van der Waals surface area contributed by atoms with Crippen molar-refractivity contribution in [3.05, 3.63) is 49.5 Å². The Balaban J connectivity index is 2.56.